The number of nitro benzene ring substituents is 1. The van der Waals surface area contributed by atoms with Crippen molar-refractivity contribution in [3.8, 4) is 0 Å². The van der Waals surface area contributed by atoms with Gasteiger partial charge in [-0.05, 0) is 30.4 Å². The van der Waals surface area contributed by atoms with Crippen LogP contribution >= 0.6 is 0 Å². The van der Waals surface area contributed by atoms with Crippen LogP contribution in [0.15, 0.2) is 54.6 Å². The Morgan fingerprint density at radius 3 is 2.58 bits per heavy atom. The van der Waals surface area contributed by atoms with Crippen LogP contribution < -0.4 is 0 Å². The van der Waals surface area contributed by atoms with E-state index in [1.54, 1.807) is 12.1 Å². The van der Waals surface area contributed by atoms with E-state index in [-0.39, 0.29) is 23.0 Å². The Balaban J connectivity index is 1.51. The second kappa shape index (κ2) is 7.55. The molecule has 3 rings (SSSR count). The molecule has 3 atom stereocenters. The van der Waals surface area contributed by atoms with Crippen molar-refractivity contribution in [1.29, 1.82) is 0 Å². The molecule has 0 saturated carbocycles. The molecule has 0 aromatic heterocycles. The molecule has 2 aromatic rings. The molecule has 5 nitrogen and oxygen atoms in total. The van der Waals surface area contributed by atoms with E-state index in [0.717, 1.165) is 24.0 Å². The minimum Gasteiger partial charge on any atom is -0.352 e. The van der Waals surface area contributed by atoms with Crippen molar-refractivity contribution < 1.29 is 14.4 Å². The Labute approximate surface area is 141 Å². The molecule has 5 heteroatoms. The van der Waals surface area contributed by atoms with Crippen LogP contribution in [0.25, 0.3) is 0 Å². The maximum Gasteiger partial charge on any atom is 0.269 e. The number of hydrogen-bond donors (Lipinski definition) is 0. The van der Waals surface area contributed by atoms with Gasteiger partial charge in [0, 0.05) is 18.6 Å². The molecule has 1 fully saturated rings. The molecule has 24 heavy (non-hydrogen) atoms. The summed E-state index contributed by atoms with van der Waals surface area (Å²) in [5.41, 5.74) is 2.35. The quantitative estimate of drug-likeness (QED) is 0.587. The van der Waals surface area contributed by atoms with Crippen molar-refractivity contribution in [3.63, 3.8) is 0 Å². The summed E-state index contributed by atoms with van der Waals surface area (Å²) in [6.07, 6.45) is 1.49. The van der Waals surface area contributed by atoms with Gasteiger partial charge in [-0.15, -0.1) is 0 Å². The third-order valence-corrected chi connectivity index (χ3v) is 4.34. The second-order valence-electron chi connectivity index (χ2n) is 6.18. The van der Waals surface area contributed by atoms with Gasteiger partial charge in [-0.2, -0.15) is 0 Å². The van der Waals surface area contributed by atoms with Gasteiger partial charge in [0.2, 0.25) is 0 Å². The third-order valence-electron chi connectivity index (χ3n) is 4.34. The summed E-state index contributed by atoms with van der Waals surface area (Å²) in [5, 5.41) is 10.7. The van der Waals surface area contributed by atoms with Crippen molar-refractivity contribution in [3.05, 3.63) is 75.8 Å². The maximum atomic E-state index is 10.7. The Hall–Kier alpha value is -2.24. The second-order valence-corrected chi connectivity index (χ2v) is 6.18. The molecule has 0 N–H and O–H groups in total. The first kappa shape index (κ1) is 16.6. The molecule has 1 aliphatic rings. The zero-order valence-electron chi connectivity index (χ0n) is 13.6. The van der Waals surface area contributed by atoms with Crippen molar-refractivity contribution in [2.45, 2.75) is 32.2 Å². The molecule has 0 bridgehead atoms. The average Bonchev–Trinajstić information content (AvgIpc) is 3.03. The Kier molecular flexibility index (Phi) is 5.23. The van der Waals surface area contributed by atoms with E-state index in [1.807, 2.05) is 49.4 Å². The fraction of sp³-hybridized carbons (Fsp3) is 0.368. The molecule has 0 spiro atoms. The summed E-state index contributed by atoms with van der Waals surface area (Å²) in [6.45, 7) is 2.69. The fourth-order valence-corrected chi connectivity index (χ4v) is 3.01. The number of ether oxygens (including phenoxy) is 2. The number of nitro groups is 1. The lowest BCUT2D eigenvalue weighted by Gasteiger charge is -2.18. The number of hydrogen-bond acceptors (Lipinski definition) is 4. The number of nitrogens with zero attached hydrogens (tertiary/aromatic N) is 1. The zero-order valence-corrected chi connectivity index (χ0v) is 13.6. The molecule has 0 amide bonds. The van der Waals surface area contributed by atoms with E-state index in [2.05, 4.69) is 0 Å². The van der Waals surface area contributed by atoms with E-state index < -0.39 is 0 Å². The Morgan fingerprint density at radius 2 is 1.92 bits per heavy atom. The Bertz CT molecular complexity index is 672. The van der Waals surface area contributed by atoms with Gasteiger partial charge in [0.05, 0.1) is 17.6 Å². The van der Waals surface area contributed by atoms with Gasteiger partial charge in [-0.1, -0.05) is 42.5 Å². The number of rotatable bonds is 6. The van der Waals surface area contributed by atoms with Gasteiger partial charge in [0.1, 0.15) is 0 Å². The summed E-state index contributed by atoms with van der Waals surface area (Å²) >= 11 is 0. The van der Waals surface area contributed by atoms with E-state index in [9.17, 15) is 10.1 Å². The highest BCUT2D eigenvalue weighted by molar-refractivity contribution is 5.33. The molecular formula is C19H21NO4. The van der Waals surface area contributed by atoms with Crippen LogP contribution in [0, 0.1) is 16.0 Å². The molecule has 0 radical (unpaired) electrons. The van der Waals surface area contributed by atoms with Gasteiger partial charge >= 0.3 is 0 Å². The van der Waals surface area contributed by atoms with Gasteiger partial charge in [0.25, 0.3) is 5.69 Å². The molecule has 126 valence electrons. The predicted octanol–water partition coefficient (Wildman–Crippen LogP) is 4.28. The highest BCUT2D eigenvalue weighted by atomic mass is 16.7. The zero-order chi connectivity index (χ0) is 16.9. The lowest BCUT2D eigenvalue weighted by molar-refractivity contribution is -0.384. The average molecular weight is 327 g/mol. The first-order chi connectivity index (χ1) is 11.6. The van der Waals surface area contributed by atoms with Crippen molar-refractivity contribution >= 4 is 5.69 Å². The normalized spacial score (nSPS) is 21.5. The van der Waals surface area contributed by atoms with Crippen LogP contribution in [0.4, 0.5) is 5.69 Å². The van der Waals surface area contributed by atoms with Crippen LogP contribution in [-0.2, 0) is 15.9 Å². The molecule has 1 saturated heterocycles. The van der Waals surface area contributed by atoms with E-state index >= 15 is 0 Å². The molecular weight excluding hydrogens is 306 g/mol. The summed E-state index contributed by atoms with van der Waals surface area (Å²) in [7, 11) is 0. The third kappa shape index (κ3) is 4.19. The summed E-state index contributed by atoms with van der Waals surface area (Å²) < 4.78 is 11.8. The van der Waals surface area contributed by atoms with Crippen molar-refractivity contribution in [2.75, 3.05) is 6.61 Å². The lowest BCUT2D eigenvalue weighted by atomic mass is 9.98. The van der Waals surface area contributed by atoms with Gasteiger partial charge in [-0.25, -0.2) is 0 Å². The largest absolute Gasteiger partial charge is 0.352 e. The van der Waals surface area contributed by atoms with Gasteiger partial charge < -0.3 is 9.47 Å². The van der Waals surface area contributed by atoms with Gasteiger partial charge in [-0.3, -0.25) is 10.1 Å². The highest BCUT2D eigenvalue weighted by Gasteiger charge is 2.28. The van der Waals surface area contributed by atoms with E-state index in [1.165, 1.54) is 0 Å². The van der Waals surface area contributed by atoms with Crippen molar-refractivity contribution in [1.82, 2.24) is 0 Å². The lowest BCUT2D eigenvalue weighted by Crippen LogP contribution is -2.14. The van der Waals surface area contributed by atoms with E-state index in [4.69, 9.17) is 9.47 Å². The Morgan fingerprint density at radius 1 is 1.21 bits per heavy atom. The summed E-state index contributed by atoms with van der Waals surface area (Å²) in [4.78, 5) is 10.3. The first-order valence-electron chi connectivity index (χ1n) is 8.17. The minimum atomic E-state index is -0.378. The van der Waals surface area contributed by atoms with Crippen LogP contribution in [0.1, 0.15) is 30.6 Å². The monoisotopic (exact) mass is 327 g/mol. The van der Waals surface area contributed by atoms with Crippen LogP contribution in [0.5, 0.6) is 0 Å². The molecule has 1 aliphatic heterocycles. The molecule has 0 unspecified atom stereocenters. The molecule has 2 aromatic carbocycles. The fourth-order valence-electron chi connectivity index (χ4n) is 3.01. The number of benzene rings is 2. The first-order valence-corrected chi connectivity index (χ1v) is 8.17. The predicted molar refractivity (Wildman–Crippen MR) is 90.6 cm³/mol. The van der Waals surface area contributed by atoms with Crippen LogP contribution in [-0.4, -0.2) is 17.8 Å². The topological polar surface area (TPSA) is 61.6 Å². The van der Waals surface area contributed by atoms with Gasteiger partial charge in [0.15, 0.2) is 6.29 Å². The molecule has 0 aliphatic carbocycles. The van der Waals surface area contributed by atoms with E-state index in [0.29, 0.717) is 12.5 Å². The maximum absolute atomic E-state index is 10.7. The highest BCUT2D eigenvalue weighted by Crippen LogP contribution is 2.29. The SMILES string of the molecule is C[C@H](O[C@H]1C[C@@H](Cc2ccc([N+](=O)[O-])cc2)CO1)c1ccccc1. The van der Waals surface area contributed by atoms with Crippen LogP contribution in [0.2, 0.25) is 0 Å². The molecule has 1 heterocycles. The number of non-ortho nitro benzene ring substituents is 1. The summed E-state index contributed by atoms with van der Waals surface area (Å²) in [6, 6.07) is 16.8. The smallest absolute Gasteiger partial charge is 0.269 e. The van der Waals surface area contributed by atoms with Crippen LogP contribution in [0.3, 0.4) is 0 Å². The minimum absolute atomic E-state index is 0.00525. The standard InChI is InChI=1S/C19H21NO4/c1-14(17-5-3-2-4-6-17)24-19-12-16(13-23-19)11-15-7-9-18(10-8-15)20(21)22/h2-10,14,16,19H,11-13H2,1H3/t14-,16+,19-/m0/s1. The summed E-state index contributed by atoms with van der Waals surface area (Å²) in [5.74, 6) is 0.374. The van der Waals surface area contributed by atoms with Crippen molar-refractivity contribution in [2.24, 2.45) is 5.92 Å².